The Bertz CT molecular complexity index is 452. The van der Waals surface area contributed by atoms with Gasteiger partial charge in [0.1, 0.15) is 5.75 Å². The quantitative estimate of drug-likeness (QED) is 0.877. The van der Waals surface area contributed by atoms with Crippen LogP contribution in [-0.2, 0) is 4.79 Å². The summed E-state index contributed by atoms with van der Waals surface area (Å²) in [4.78, 5) is 14.1. The fourth-order valence-corrected chi connectivity index (χ4v) is 2.77. The predicted molar refractivity (Wildman–Crippen MR) is 78.0 cm³/mol. The molecule has 1 amide bonds. The zero-order valence-electron chi connectivity index (χ0n) is 11.4. The van der Waals surface area contributed by atoms with Crippen molar-refractivity contribution in [2.24, 2.45) is 0 Å². The van der Waals surface area contributed by atoms with Crippen LogP contribution in [0.5, 0.6) is 5.75 Å². The standard InChI is InChI=1S/C15H20ClNO3/c16-13-7-1-2-8-14(13)20-11-15(19)17-9-3-5-12(17)6-4-10-18/h1-2,7-8,12,18H,3-6,9-11H2. The van der Waals surface area contributed by atoms with E-state index in [-0.39, 0.29) is 25.2 Å². The van der Waals surface area contributed by atoms with E-state index in [0.717, 1.165) is 32.2 Å². The molecule has 1 aliphatic heterocycles. The van der Waals surface area contributed by atoms with Gasteiger partial charge in [0.2, 0.25) is 0 Å². The maximum absolute atomic E-state index is 12.2. The van der Waals surface area contributed by atoms with Crippen LogP contribution in [0, 0.1) is 0 Å². The van der Waals surface area contributed by atoms with Crippen LogP contribution >= 0.6 is 11.6 Å². The molecule has 1 atom stereocenters. The van der Waals surface area contributed by atoms with Crippen molar-refractivity contribution >= 4 is 17.5 Å². The third-order valence-corrected chi connectivity index (χ3v) is 3.89. The number of hydrogen-bond donors (Lipinski definition) is 1. The first kappa shape index (κ1) is 15.1. The maximum atomic E-state index is 12.2. The number of carbonyl (C=O) groups excluding carboxylic acids is 1. The largest absolute Gasteiger partial charge is 0.482 e. The number of para-hydroxylation sites is 1. The average molecular weight is 298 g/mol. The molecule has 4 nitrogen and oxygen atoms in total. The number of likely N-dealkylation sites (tertiary alicyclic amines) is 1. The number of aliphatic hydroxyl groups excluding tert-OH is 1. The second-order valence-electron chi connectivity index (χ2n) is 4.97. The minimum atomic E-state index is -0.00893. The van der Waals surface area contributed by atoms with Crippen molar-refractivity contribution in [2.45, 2.75) is 31.7 Å². The highest BCUT2D eigenvalue weighted by Gasteiger charge is 2.28. The zero-order valence-corrected chi connectivity index (χ0v) is 12.2. The van der Waals surface area contributed by atoms with Crippen molar-refractivity contribution in [3.63, 3.8) is 0 Å². The third kappa shape index (κ3) is 3.87. The molecule has 1 aromatic carbocycles. The van der Waals surface area contributed by atoms with Crippen molar-refractivity contribution in [1.29, 1.82) is 0 Å². The Morgan fingerprint density at radius 2 is 2.25 bits per heavy atom. The van der Waals surface area contributed by atoms with Gasteiger partial charge in [0.15, 0.2) is 6.61 Å². The molecule has 1 heterocycles. The molecule has 1 unspecified atom stereocenters. The average Bonchev–Trinajstić information content (AvgIpc) is 2.92. The molecular formula is C15H20ClNO3. The van der Waals surface area contributed by atoms with E-state index < -0.39 is 0 Å². The summed E-state index contributed by atoms with van der Waals surface area (Å²) < 4.78 is 5.49. The number of benzene rings is 1. The Kier molecular flexibility index (Phi) is 5.68. The lowest BCUT2D eigenvalue weighted by Gasteiger charge is -2.24. The SMILES string of the molecule is O=C(COc1ccccc1Cl)N1CCCC1CCCO. The monoisotopic (exact) mass is 297 g/mol. The molecule has 1 saturated heterocycles. The molecule has 0 radical (unpaired) electrons. The second-order valence-corrected chi connectivity index (χ2v) is 5.38. The highest BCUT2D eigenvalue weighted by Crippen LogP contribution is 2.24. The van der Waals surface area contributed by atoms with Crippen LogP contribution in [0.2, 0.25) is 5.02 Å². The van der Waals surface area contributed by atoms with Crippen molar-refractivity contribution in [3.05, 3.63) is 29.3 Å². The normalized spacial score (nSPS) is 18.3. The summed E-state index contributed by atoms with van der Waals surface area (Å²) in [5.41, 5.74) is 0. The first-order valence-corrected chi connectivity index (χ1v) is 7.38. The number of ether oxygens (including phenoxy) is 1. The summed E-state index contributed by atoms with van der Waals surface area (Å²) in [6.07, 6.45) is 3.62. The molecular weight excluding hydrogens is 278 g/mol. The number of hydrogen-bond acceptors (Lipinski definition) is 3. The Morgan fingerprint density at radius 3 is 3.00 bits per heavy atom. The molecule has 0 bridgehead atoms. The van der Waals surface area contributed by atoms with Crippen LogP contribution < -0.4 is 4.74 Å². The number of halogens is 1. The molecule has 0 spiro atoms. The van der Waals surface area contributed by atoms with Gasteiger partial charge in [-0.15, -0.1) is 0 Å². The number of carbonyl (C=O) groups is 1. The van der Waals surface area contributed by atoms with Crippen LogP contribution in [0.15, 0.2) is 24.3 Å². The summed E-state index contributed by atoms with van der Waals surface area (Å²) in [6.45, 7) is 0.967. The highest BCUT2D eigenvalue weighted by molar-refractivity contribution is 6.32. The predicted octanol–water partition coefficient (Wildman–Crippen LogP) is 2.48. The van der Waals surface area contributed by atoms with E-state index in [9.17, 15) is 4.79 Å². The second kappa shape index (κ2) is 7.50. The van der Waals surface area contributed by atoms with Gasteiger partial charge in [-0.2, -0.15) is 0 Å². The van der Waals surface area contributed by atoms with Crippen LogP contribution in [0.25, 0.3) is 0 Å². The first-order valence-electron chi connectivity index (χ1n) is 7.00. The van der Waals surface area contributed by atoms with Gasteiger partial charge in [-0.25, -0.2) is 0 Å². The van der Waals surface area contributed by atoms with Crippen molar-refractivity contribution in [1.82, 2.24) is 4.90 Å². The number of nitrogens with zero attached hydrogens (tertiary/aromatic N) is 1. The van der Waals surface area contributed by atoms with Crippen LogP contribution in [-0.4, -0.2) is 41.7 Å². The molecule has 5 heteroatoms. The fourth-order valence-electron chi connectivity index (χ4n) is 2.58. The van der Waals surface area contributed by atoms with E-state index >= 15 is 0 Å². The topological polar surface area (TPSA) is 49.8 Å². The van der Waals surface area contributed by atoms with Crippen LogP contribution in [0.1, 0.15) is 25.7 Å². The molecule has 0 aliphatic carbocycles. The lowest BCUT2D eigenvalue weighted by Crippen LogP contribution is -2.38. The Labute approximate surface area is 124 Å². The van der Waals surface area contributed by atoms with Gasteiger partial charge in [-0.05, 0) is 37.8 Å². The van der Waals surface area contributed by atoms with Gasteiger partial charge >= 0.3 is 0 Å². The first-order chi connectivity index (χ1) is 9.72. The minimum Gasteiger partial charge on any atom is -0.482 e. The molecule has 20 heavy (non-hydrogen) atoms. The molecule has 1 N–H and O–H groups in total. The van der Waals surface area contributed by atoms with E-state index in [2.05, 4.69) is 0 Å². The Balaban J connectivity index is 1.86. The van der Waals surface area contributed by atoms with Crippen molar-refractivity contribution in [3.8, 4) is 5.75 Å². The molecule has 110 valence electrons. The van der Waals surface area contributed by atoms with E-state index in [1.54, 1.807) is 12.1 Å². The van der Waals surface area contributed by atoms with E-state index in [1.165, 1.54) is 0 Å². The third-order valence-electron chi connectivity index (χ3n) is 3.58. The molecule has 2 rings (SSSR count). The Morgan fingerprint density at radius 1 is 1.45 bits per heavy atom. The summed E-state index contributed by atoms with van der Waals surface area (Å²) in [5, 5.41) is 9.40. The number of aliphatic hydroxyl groups is 1. The Hall–Kier alpha value is -1.26. The van der Waals surface area contributed by atoms with Crippen LogP contribution in [0.4, 0.5) is 0 Å². The van der Waals surface area contributed by atoms with Gasteiger partial charge in [0.25, 0.3) is 5.91 Å². The molecule has 1 fully saturated rings. The van der Waals surface area contributed by atoms with Crippen LogP contribution in [0.3, 0.4) is 0 Å². The van der Waals surface area contributed by atoms with E-state index in [0.29, 0.717) is 10.8 Å². The van der Waals surface area contributed by atoms with Gasteiger partial charge in [-0.1, -0.05) is 23.7 Å². The molecule has 0 saturated carbocycles. The number of rotatable bonds is 6. The van der Waals surface area contributed by atoms with E-state index in [4.69, 9.17) is 21.4 Å². The number of amides is 1. The van der Waals surface area contributed by atoms with Gasteiger partial charge in [0, 0.05) is 19.2 Å². The minimum absolute atomic E-state index is 0.00893. The van der Waals surface area contributed by atoms with Gasteiger partial charge in [-0.3, -0.25) is 4.79 Å². The summed E-state index contributed by atoms with van der Waals surface area (Å²) in [6, 6.07) is 7.38. The summed E-state index contributed by atoms with van der Waals surface area (Å²) >= 11 is 5.99. The van der Waals surface area contributed by atoms with E-state index in [1.807, 2.05) is 17.0 Å². The molecule has 1 aliphatic rings. The summed E-state index contributed by atoms with van der Waals surface area (Å²) in [7, 11) is 0. The van der Waals surface area contributed by atoms with Gasteiger partial charge < -0.3 is 14.7 Å². The van der Waals surface area contributed by atoms with Crippen molar-refractivity contribution < 1.29 is 14.6 Å². The maximum Gasteiger partial charge on any atom is 0.260 e. The zero-order chi connectivity index (χ0) is 14.4. The smallest absolute Gasteiger partial charge is 0.260 e. The lowest BCUT2D eigenvalue weighted by molar-refractivity contribution is -0.134. The highest BCUT2D eigenvalue weighted by atomic mass is 35.5. The molecule has 0 aromatic heterocycles. The van der Waals surface area contributed by atoms with Gasteiger partial charge in [0.05, 0.1) is 5.02 Å². The lowest BCUT2D eigenvalue weighted by atomic mass is 10.1. The fraction of sp³-hybridized carbons (Fsp3) is 0.533. The summed E-state index contributed by atoms with van der Waals surface area (Å²) in [5.74, 6) is 0.527. The molecule has 1 aromatic rings. The van der Waals surface area contributed by atoms with Crippen molar-refractivity contribution in [2.75, 3.05) is 19.8 Å².